The van der Waals surface area contributed by atoms with Crippen molar-refractivity contribution < 1.29 is 9.59 Å². The van der Waals surface area contributed by atoms with Gasteiger partial charge in [0.2, 0.25) is 5.91 Å². The van der Waals surface area contributed by atoms with E-state index in [1.165, 1.54) is 0 Å². The molecular weight excluding hydrogens is 322 g/mol. The number of hydrogen-bond donors (Lipinski definition) is 1. The first kappa shape index (κ1) is 14.8. The maximum atomic E-state index is 12.2. The number of nitrogens with one attached hydrogen (secondary N) is 1. The molecular formula is C14H18BrN3O2. The van der Waals surface area contributed by atoms with Gasteiger partial charge in [-0.3, -0.25) is 4.79 Å². The van der Waals surface area contributed by atoms with E-state index in [1.54, 1.807) is 16.7 Å². The Hall–Kier alpha value is -1.56. The van der Waals surface area contributed by atoms with Crippen LogP contribution in [0.2, 0.25) is 0 Å². The van der Waals surface area contributed by atoms with Crippen molar-refractivity contribution >= 4 is 33.6 Å². The molecule has 1 N–H and O–H groups in total. The first-order chi connectivity index (χ1) is 9.56. The van der Waals surface area contributed by atoms with E-state index in [1.807, 2.05) is 24.3 Å². The quantitative estimate of drug-likeness (QED) is 0.854. The number of nitrogens with zero attached hydrogens (tertiary/aromatic N) is 2. The summed E-state index contributed by atoms with van der Waals surface area (Å²) in [6.07, 6.45) is 0.811. The molecule has 1 aromatic carbocycles. The molecule has 0 radical (unpaired) electrons. The fourth-order valence-corrected chi connectivity index (χ4v) is 2.60. The van der Waals surface area contributed by atoms with E-state index in [-0.39, 0.29) is 11.9 Å². The first-order valence-electron chi connectivity index (χ1n) is 6.63. The molecule has 108 valence electrons. The lowest BCUT2D eigenvalue weighted by molar-refractivity contribution is -0.128. The van der Waals surface area contributed by atoms with Gasteiger partial charge in [-0.2, -0.15) is 0 Å². The van der Waals surface area contributed by atoms with Gasteiger partial charge in [-0.1, -0.05) is 22.0 Å². The predicted molar refractivity (Wildman–Crippen MR) is 81.6 cm³/mol. The van der Waals surface area contributed by atoms with Crippen LogP contribution in [0.25, 0.3) is 0 Å². The van der Waals surface area contributed by atoms with Gasteiger partial charge in [0.15, 0.2) is 0 Å². The fraction of sp³-hybridized carbons (Fsp3) is 0.429. The Morgan fingerprint density at radius 2 is 1.85 bits per heavy atom. The molecule has 6 heteroatoms. The molecule has 1 aliphatic heterocycles. The third-order valence-corrected chi connectivity index (χ3v) is 3.80. The van der Waals surface area contributed by atoms with Gasteiger partial charge in [-0.05, 0) is 24.6 Å². The number of amides is 3. The molecule has 2 rings (SSSR count). The Morgan fingerprint density at radius 3 is 2.55 bits per heavy atom. The SMILES string of the molecule is CC(=O)N1CCCN(C(=O)Nc2cccc(Br)c2)CC1. The zero-order valence-corrected chi connectivity index (χ0v) is 13.0. The molecule has 1 fully saturated rings. The van der Waals surface area contributed by atoms with Gasteiger partial charge >= 0.3 is 6.03 Å². The number of carbonyl (C=O) groups is 2. The molecule has 1 aromatic rings. The molecule has 0 aromatic heterocycles. The zero-order chi connectivity index (χ0) is 14.5. The van der Waals surface area contributed by atoms with E-state index in [4.69, 9.17) is 0 Å². The van der Waals surface area contributed by atoms with Crippen molar-refractivity contribution in [2.75, 3.05) is 31.5 Å². The van der Waals surface area contributed by atoms with E-state index >= 15 is 0 Å². The van der Waals surface area contributed by atoms with Crippen molar-refractivity contribution in [2.24, 2.45) is 0 Å². The van der Waals surface area contributed by atoms with Crippen LogP contribution in [0.15, 0.2) is 28.7 Å². The third kappa shape index (κ3) is 3.96. The summed E-state index contributed by atoms with van der Waals surface area (Å²) < 4.78 is 0.925. The van der Waals surface area contributed by atoms with Gasteiger partial charge < -0.3 is 15.1 Å². The monoisotopic (exact) mass is 339 g/mol. The van der Waals surface area contributed by atoms with Crippen molar-refractivity contribution in [1.82, 2.24) is 9.80 Å². The second kappa shape index (κ2) is 6.74. The van der Waals surface area contributed by atoms with Gasteiger partial charge in [-0.25, -0.2) is 4.79 Å². The van der Waals surface area contributed by atoms with Crippen molar-refractivity contribution in [1.29, 1.82) is 0 Å². The van der Waals surface area contributed by atoms with Crippen LogP contribution in [0.3, 0.4) is 0 Å². The van der Waals surface area contributed by atoms with Crippen LogP contribution in [-0.4, -0.2) is 47.9 Å². The summed E-state index contributed by atoms with van der Waals surface area (Å²) in [4.78, 5) is 27.1. The second-order valence-corrected chi connectivity index (χ2v) is 5.70. The number of urea groups is 1. The lowest BCUT2D eigenvalue weighted by atomic mass is 10.3. The molecule has 1 aliphatic rings. The molecule has 0 bridgehead atoms. The summed E-state index contributed by atoms with van der Waals surface area (Å²) >= 11 is 3.38. The van der Waals surface area contributed by atoms with Crippen LogP contribution < -0.4 is 5.32 Å². The van der Waals surface area contributed by atoms with Gasteiger partial charge in [-0.15, -0.1) is 0 Å². The predicted octanol–water partition coefficient (Wildman–Crippen LogP) is 2.54. The minimum Gasteiger partial charge on any atom is -0.341 e. The van der Waals surface area contributed by atoms with Crippen LogP contribution in [-0.2, 0) is 4.79 Å². The summed E-state index contributed by atoms with van der Waals surface area (Å²) in [6.45, 7) is 4.12. The Labute approximate surface area is 127 Å². The highest BCUT2D eigenvalue weighted by Gasteiger charge is 2.20. The Balaban J connectivity index is 1.94. The van der Waals surface area contributed by atoms with Crippen LogP contribution in [0, 0.1) is 0 Å². The van der Waals surface area contributed by atoms with Crippen molar-refractivity contribution in [3.05, 3.63) is 28.7 Å². The number of hydrogen-bond acceptors (Lipinski definition) is 2. The first-order valence-corrected chi connectivity index (χ1v) is 7.42. The Bertz CT molecular complexity index is 507. The number of halogens is 1. The highest BCUT2D eigenvalue weighted by atomic mass is 79.9. The minimum absolute atomic E-state index is 0.0687. The average molecular weight is 340 g/mol. The largest absolute Gasteiger partial charge is 0.341 e. The van der Waals surface area contributed by atoms with E-state index < -0.39 is 0 Å². The summed E-state index contributed by atoms with van der Waals surface area (Å²) in [5, 5.41) is 2.88. The van der Waals surface area contributed by atoms with Crippen LogP contribution in [0.4, 0.5) is 10.5 Å². The van der Waals surface area contributed by atoms with Gasteiger partial charge in [0.1, 0.15) is 0 Å². The lowest BCUT2D eigenvalue weighted by Gasteiger charge is -2.21. The third-order valence-electron chi connectivity index (χ3n) is 3.30. The number of carbonyl (C=O) groups excluding carboxylic acids is 2. The molecule has 0 aliphatic carbocycles. The van der Waals surface area contributed by atoms with E-state index in [0.29, 0.717) is 19.6 Å². The summed E-state index contributed by atoms with van der Waals surface area (Å²) in [7, 11) is 0. The van der Waals surface area contributed by atoms with Crippen LogP contribution >= 0.6 is 15.9 Å². The van der Waals surface area contributed by atoms with Crippen molar-refractivity contribution in [2.45, 2.75) is 13.3 Å². The average Bonchev–Trinajstić information content (AvgIpc) is 2.64. The fourth-order valence-electron chi connectivity index (χ4n) is 2.20. The van der Waals surface area contributed by atoms with E-state index in [0.717, 1.165) is 23.1 Å². The molecule has 0 spiro atoms. The molecule has 0 saturated carbocycles. The van der Waals surface area contributed by atoms with Crippen LogP contribution in [0.1, 0.15) is 13.3 Å². The lowest BCUT2D eigenvalue weighted by Crippen LogP contribution is -2.38. The Kier molecular flexibility index (Phi) is 5.00. The molecule has 0 unspecified atom stereocenters. The summed E-state index contributed by atoms with van der Waals surface area (Å²) in [5.74, 6) is 0.0687. The molecule has 1 heterocycles. The van der Waals surface area contributed by atoms with Gasteiger partial charge in [0.05, 0.1) is 0 Å². The zero-order valence-electron chi connectivity index (χ0n) is 11.4. The highest BCUT2D eigenvalue weighted by molar-refractivity contribution is 9.10. The number of rotatable bonds is 1. The minimum atomic E-state index is -0.117. The second-order valence-electron chi connectivity index (χ2n) is 4.79. The molecule has 1 saturated heterocycles. The maximum Gasteiger partial charge on any atom is 0.321 e. The highest BCUT2D eigenvalue weighted by Crippen LogP contribution is 2.16. The van der Waals surface area contributed by atoms with Crippen LogP contribution in [0.5, 0.6) is 0 Å². The number of benzene rings is 1. The summed E-state index contributed by atoms with van der Waals surface area (Å²) in [6, 6.07) is 7.37. The smallest absolute Gasteiger partial charge is 0.321 e. The molecule has 0 atom stereocenters. The van der Waals surface area contributed by atoms with E-state index in [2.05, 4.69) is 21.2 Å². The van der Waals surface area contributed by atoms with Crippen molar-refractivity contribution in [3.8, 4) is 0 Å². The van der Waals surface area contributed by atoms with Crippen molar-refractivity contribution in [3.63, 3.8) is 0 Å². The maximum absolute atomic E-state index is 12.2. The van der Waals surface area contributed by atoms with Gasteiger partial charge in [0, 0.05) is 43.3 Å². The summed E-state index contributed by atoms with van der Waals surface area (Å²) in [5.41, 5.74) is 0.761. The Morgan fingerprint density at radius 1 is 1.15 bits per heavy atom. The molecule has 20 heavy (non-hydrogen) atoms. The standard InChI is InChI=1S/C14H18BrN3O2/c1-11(19)17-6-3-7-18(9-8-17)14(20)16-13-5-2-4-12(15)10-13/h2,4-5,10H,3,6-9H2,1H3,(H,16,20). The van der Waals surface area contributed by atoms with E-state index in [9.17, 15) is 9.59 Å². The topological polar surface area (TPSA) is 52.7 Å². The normalized spacial score (nSPS) is 15.7. The number of anilines is 1. The molecule has 3 amide bonds. The molecule has 5 nitrogen and oxygen atoms in total. The van der Waals surface area contributed by atoms with Gasteiger partial charge in [0.25, 0.3) is 0 Å².